The number of imidazole rings is 1. The minimum atomic E-state index is -1.01. The van der Waals surface area contributed by atoms with E-state index in [1.54, 1.807) is 6.20 Å². The summed E-state index contributed by atoms with van der Waals surface area (Å²) in [7, 11) is 0. The van der Waals surface area contributed by atoms with Gasteiger partial charge in [-0.3, -0.25) is 4.79 Å². The number of carboxylic acids is 1. The average Bonchev–Trinajstić information content (AvgIpc) is 2.39. The van der Waals surface area contributed by atoms with Gasteiger partial charge in [-0.15, -0.1) is 0 Å². The summed E-state index contributed by atoms with van der Waals surface area (Å²) >= 11 is 0. The summed E-state index contributed by atoms with van der Waals surface area (Å²) in [4.78, 5) is 16.8. The Hall–Kier alpha value is -0.360. The van der Waals surface area contributed by atoms with Crippen molar-refractivity contribution in [3.63, 3.8) is 0 Å². The fraction of sp³-hybridized carbons (Fsp3) is 0.333. The monoisotopic (exact) mass is 179 g/mol. The van der Waals surface area contributed by atoms with E-state index >= 15 is 0 Å². The van der Waals surface area contributed by atoms with Gasteiger partial charge in [-0.2, -0.15) is 0 Å². The zero-order chi connectivity index (χ0) is 8.27. The molecule has 0 amide bonds. The number of aromatic amines is 1. The first-order valence-corrected chi connectivity index (χ1v) is 3.16. The molecule has 0 radical (unpaired) electrons. The average molecular weight is 179 g/mol. The van der Waals surface area contributed by atoms with Gasteiger partial charge in [0.2, 0.25) is 0 Å². The second-order valence-corrected chi connectivity index (χ2v) is 2.21. The Balaban J connectivity index is 0.00000121. The molecule has 1 unspecified atom stereocenters. The molecule has 1 rings (SSSR count). The topological polar surface area (TPSA) is 92.0 Å². The fourth-order valence-electron chi connectivity index (χ4n) is 0.715. The van der Waals surface area contributed by atoms with Gasteiger partial charge in [0, 0.05) is 12.6 Å². The van der Waals surface area contributed by atoms with Crippen LogP contribution in [0.25, 0.3) is 0 Å². The van der Waals surface area contributed by atoms with Gasteiger partial charge in [0.1, 0.15) is 6.04 Å². The first-order chi connectivity index (χ1) is 5.20. The van der Waals surface area contributed by atoms with Gasteiger partial charge in [-0.1, -0.05) is 0 Å². The number of hydrogen-bond acceptors (Lipinski definition) is 3. The molecule has 12 heavy (non-hydrogen) atoms. The van der Waals surface area contributed by atoms with Crippen molar-refractivity contribution in [3.05, 3.63) is 18.2 Å². The second kappa shape index (κ2) is 5.31. The zero-order valence-corrected chi connectivity index (χ0v) is 5.82. The predicted molar refractivity (Wildman–Crippen MR) is 45.1 cm³/mol. The van der Waals surface area contributed by atoms with Crippen molar-refractivity contribution in [1.82, 2.24) is 9.97 Å². The van der Waals surface area contributed by atoms with Crippen molar-refractivity contribution < 1.29 is 9.90 Å². The third kappa shape index (κ3) is 3.36. The van der Waals surface area contributed by atoms with Crippen LogP contribution >= 0.6 is 0 Å². The Morgan fingerprint density at radius 1 is 1.83 bits per heavy atom. The maximum atomic E-state index is 10.3. The van der Waals surface area contributed by atoms with Gasteiger partial charge in [0.25, 0.3) is 0 Å². The van der Waals surface area contributed by atoms with Crippen molar-refractivity contribution in [3.8, 4) is 0 Å². The minimum absolute atomic E-state index is 0. The van der Waals surface area contributed by atoms with E-state index in [2.05, 4.69) is 9.97 Å². The van der Waals surface area contributed by atoms with Crippen LogP contribution in [-0.4, -0.2) is 56.6 Å². The number of H-pyrrole nitrogens is 1. The summed E-state index contributed by atoms with van der Waals surface area (Å²) in [5.41, 5.74) is 5.92. The third-order valence-electron chi connectivity index (χ3n) is 1.30. The molecular weight excluding hydrogens is 169 g/mol. The van der Waals surface area contributed by atoms with E-state index in [9.17, 15) is 4.79 Å². The van der Waals surface area contributed by atoms with E-state index in [1.165, 1.54) is 6.33 Å². The van der Waals surface area contributed by atoms with Crippen molar-refractivity contribution in [1.29, 1.82) is 0 Å². The van der Waals surface area contributed by atoms with Crippen molar-refractivity contribution >= 4 is 35.5 Å². The number of hydrogen-bond donors (Lipinski definition) is 3. The Morgan fingerprint density at radius 3 is 2.92 bits per heavy atom. The number of aliphatic carboxylic acids is 1. The Bertz CT molecular complexity index is 237. The molecule has 0 fully saturated rings. The van der Waals surface area contributed by atoms with Gasteiger partial charge in [0.05, 0.1) is 12.0 Å². The van der Waals surface area contributed by atoms with E-state index in [-0.39, 0.29) is 36.0 Å². The normalized spacial score (nSPS) is 11.8. The Morgan fingerprint density at radius 2 is 2.50 bits per heavy atom. The van der Waals surface area contributed by atoms with Crippen LogP contribution in [0, 0.1) is 0 Å². The van der Waals surface area contributed by atoms with Crippen LogP contribution in [0.5, 0.6) is 0 Å². The first kappa shape index (κ1) is 11.6. The molecule has 0 saturated carbocycles. The quantitative estimate of drug-likeness (QED) is 0.504. The molecule has 0 saturated heterocycles. The molecule has 1 aromatic rings. The number of aromatic nitrogens is 2. The maximum absolute atomic E-state index is 10.3. The van der Waals surface area contributed by atoms with Gasteiger partial charge in [-0.25, -0.2) is 4.98 Å². The standard InChI is InChI=1S/C6H9N3O2.Na.H/c7-5(6(10)11)1-4-2-8-3-9-4;;/h2-3,5H,1,7H2,(H,8,9)(H,10,11);;. The second-order valence-electron chi connectivity index (χ2n) is 2.21. The molecule has 0 aliphatic heterocycles. The molecule has 1 heterocycles. The van der Waals surface area contributed by atoms with Crippen LogP contribution in [0.1, 0.15) is 5.69 Å². The molecule has 0 aliphatic carbocycles. The number of nitrogens with zero attached hydrogens (tertiary/aromatic N) is 1. The molecule has 5 nitrogen and oxygen atoms in total. The van der Waals surface area contributed by atoms with Crippen molar-refractivity contribution in [2.24, 2.45) is 5.73 Å². The molecule has 4 N–H and O–H groups in total. The van der Waals surface area contributed by atoms with E-state index in [0.29, 0.717) is 5.69 Å². The van der Waals surface area contributed by atoms with Crippen LogP contribution < -0.4 is 5.73 Å². The van der Waals surface area contributed by atoms with Crippen LogP contribution in [0.3, 0.4) is 0 Å². The number of carboxylic acid groups (broad SMARTS) is 1. The Kier molecular flexibility index (Phi) is 5.16. The third-order valence-corrected chi connectivity index (χ3v) is 1.30. The first-order valence-electron chi connectivity index (χ1n) is 3.16. The van der Waals surface area contributed by atoms with Gasteiger partial charge in [0.15, 0.2) is 0 Å². The zero-order valence-electron chi connectivity index (χ0n) is 5.82. The summed E-state index contributed by atoms with van der Waals surface area (Å²) in [6.45, 7) is 0. The fourth-order valence-corrected chi connectivity index (χ4v) is 0.715. The molecule has 1 aromatic heterocycles. The molecule has 0 bridgehead atoms. The van der Waals surface area contributed by atoms with E-state index in [0.717, 1.165) is 0 Å². The number of rotatable bonds is 3. The molecule has 62 valence electrons. The van der Waals surface area contributed by atoms with Crippen LogP contribution in [-0.2, 0) is 11.2 Å². The number of nitrogens with two attached hydrogens (primary N) is 1. The van der Waals surface area contributed by atoms with Gasteiger partial charge >= 0.3 is 35.5 Å². The predicted octanol–water partition coefficient (Wildman–Crippen LogP) is -1.28. The number of nitrogens with one attached hydrogen (secondary N) is 1. The summed E-state index contributed by atoms with van der Waals surface area (Å²) < 4.78 is 0. The van der Waals surface area contributed by atoms with Crippen LogP contribution in [0.15, 0.2) is 12.5 Å². The molecule has 6 heteroatoms. The van der Waals surface area contributed by atoms with E-state index in [1.807, 2.05) is 0 Å². The van der Waals surface area contributed by atoms with Gasteiger partial charge in [-0.05, 0) is 0 Å². The van der Waals surface area contributed by atoms with Crippen molar-refractivity contribution in [2.45, 2.75) is 12.5 Å². The van der Waals surface area contributed by atoms with E-state index in [4.69, 9.17) is 10.8 Å². The van der Waals surface area contributed by atoms with Gasteiger partial charge < -0.3 is 15.8 Å². The van der Waals surface area contributed by atoms with Crippen LogP contribution in [0.2, 0.25) is 0 Å². The van der Waals surface area contributed by atoms with Crippen LogP contribution in [0.4, 0.5) is 0 Å². The molecule has 0 aromatic carbocycles. The summed E-state index contributed by atoms with van der Waals surface area (Å²) in [6, 6.07) is -0.863. The molecule has 0 aliphatic rings. The van der Waals surface area contributed by atoms with Crippen molar-refractivity contribution in [2.75, 3.05) is 0 Å². The molecule has 0 spiro atoms. The molecular formula is C6H10N3NaO2. The molecule has 1 atom stereocenters. The SMILES string of the molecule is NC(Cc1c[nH]cn1)C(=O)O.[NaH]. The summed E-state index contributed by atoms with van der Waals surface area (Å²) in [5, 5.41) is 8.42. The summed E-state index contributed by atoms with van der Waals surface area (Å²) in [5.74, 6) is -1.01. The summed E-state index contributed by atoms with van der Waals surface area (Å²) in [6.07, 6.45) is 3.38. The Labute approximate surface area is 91.7 Å². The number of carbonyl (C=O) groups is 1. The van der Waals surface area contributed by atoms with E-state index < -0.39 is 12.0 Å².